The van der Waals surface area contributed by atoms with E-state index in [0.717, 1.165) is 12.8 Å². The van der Waals surface area contributed by atoms with Gasteiger partial charge in [0.2, 0.25) is 15.0 Å². The number of carbonyl (C=O) groups is 1. The molecule has 3 N–H and O–H groups in total. The number of aromatic nitrogens is 2. The van der Waals surface area contributed by atoms with E-state index in [4.69, 9.17) is 25.3 Å². The zero-order valence-electron chi connectivity index (χ0n) is 16.2. The predicted octanol–water partition coefficient (Wildman–Crippen LogP) is 2.35. The third-order valence-electron chi connectivity index (χ3n) is 3.46. The first-order valence-corrected chi connectivity index (χ1v) is 11.3. The van der Waals surface area contributed by atoms with Gasteiger partial charge in [-0.1, -0.05) is 13.3 Å². The largest absolute Gasteiger partial charge is 0.486 e. The third kappa shape index (κ3) is 9.90. The molecule has 0 atom stereocenters. The van der Waals surface area contributed by atoms with E-state index in [1.165, 1.54) is 6.20 Å². The van der Waals surface area contributed by atoms with Crippen LogP contribution >= 0.6 is 10.7 Å². The zero-order chi connectivity index (χ0) is 21.2. The highest BCUT2D eigenvalue weighted by molar-refractivity contribution is 8.13. The average Bonchev–Trinajstić information content (AvgIpc) is 2.58. The molecule has 0 aliphatic heterocycles. The minimum absolute atomic E-state index is 0.0129. The molecule has 0 fully saturated rings. The first-order chi connectivity index (χ1) is 13.1. The lowest BCUT2D eigenvalue weighted by Gasteiger charge is -2.24. The molecule has 160 valence electrons. The Balaban J connectivity index is 2.77. The van der Waals surface area contributed by atoms with E-state index in [-0.39, 0.29) is 31.3 Å². The second-order valence-corrected chi connectivity index (χ2v) is 9.42. The molecule has 0 aromatic carbocycles. The number of hydrogen-bond donors (Lipinski definition) is 3. The number of anilines is 2. The molecule has 0 aliphatic rings. The number of halogens is 1. The Hall–Kier alpha value is -1.85. The van der Waals surface area contributed by atoms with Crippen molar-refractivity contribution in [3.05, 3.63) is 6.20 Å². The van der Waals surface area contributed by atoms with Crippen molar-refractivity contribution < 1.29 is 27.8 Å². The number of ether oxygens (including phenoxy) is 2. The molecule has 10 nitrogen and oxygen atoms in total. The van der Waals surface area contributed by atoms with Gasteiger partial charge < -0.3 is 19.9 Å². The van der Waals surface area contributed by atoms with Crippen molar-refractivity contribution >= 4 is 37.6 Å². The number of unbranched alkanes of at least 4 members (excludes halogenated alkanes) is 1. The minimum Gasteiger partial charge on any atom is -0.486 e. The smallest absolute Gasteiger partial charge is 0.414 e. The molecule has 1 aromatic heterocycles. The Morgan fingerprint density at radius 3 is 2.71 bits per heavy atom. The SMILES string of the molecule is CCCCNc1nc(NC(=O)OC(C)(C)CCS(=O)(=O)Cl)ncc1OCCO. The molecule has 0 spiro atoms. The van der Waals surface area contributed by atoms with Crippen molar-refractivity contribution in [2.75, 3.05) is 36.1 Å². The van der Waals surface area contributed by atoms with Crippen molar-refractivity contribution in [3.63, 3.8) is 0 Å². The van der Waals surface area contributed by atoms with Gasteiger partial charge in [0.25, 0.3) is 0 Å². The van der Waals surface area contributed by atoms with Crippen LogP contribution in [0.4, 0.5) is 16.6 Å². The van der Waals surface area contributed by atoms with Gasteiger partial charge in [0, 0.05) is 23.6 Å². The van der Waals surface area contributed by atoms with Crippen LogP contribution in [0.25, 0.3) is 0 Å². The summed E-state index contributed by atoms with van der Waals surface area (Å²) in [6.45, 7) is 5.75. The van der Waals surface area contributed by atoms with Crippen LogP contribution in [-0.4, -0.2) is 60.7 Å². The van der Waals surface area contributed by atoms with Gasteiger partial charge in [-0.05, 0) is 20.3 Å². The number of aliphatic hydroxyl groups is 1. The number of carbonyl (C=O) groups excluding carboxylic acids is 1. The highest BCUT2D eigenvalue weighted by Gasteiger charge is 2.26. The standard InChI is InChI=1S/C16H27ClN4O6S/c1-4-5-7-18-13-12(26-9-8-22)11-19-14(20-13)21-15(23)27-16(2,3)6-10-28(17,24)25/h11,22H,4-10H2,1-3H3,(H2,18,19,20,21,23). The summed E-state index contributed by atoms with van der Waals surface area (Å²) in [5, 5.41) is 14.4. The molecular weight excluding hydrogens is 412 g/mol. The first-order valence-electron chi connectivity index (χ1n) is 8.83. The Labute approximate surface area is 169 Å². The maximum Gasteiger partial charge on any atom is 0.414 e. The molecule has 1 amide bonds. The van der Waals surface area contributed by atoms with E-state index in [1.54, 1.807) is 13.8 Å². The quantitative estimate of drug-likeness (QED) is 0.331. The average molecular weight is 439 g/mol. The van der Waals surface area contributed by atoms with Crippen LogP contribution in [-0.2, 0) is 13.8 Å². The van der Waals surface area contributed by atoms with E-state index < -0.39 is 20.7 Å². The molecule has 0 saturated carbocycles. The summed E-state index contributed by atoms with van der Waals surface area (Å²) in [5.41, 5.74) is -1.06. The maximum atomic E-state index is 12.1. The highest BCUT2D eigenvalue weighted by atomic mass is 35.7. The Morgan fingerprint density at radius 1 is 1.39 bits per heavy atom. The van der Waals surface area contributed by atoms with E-state index >= 15 is 0 Å². The fraction of sp³-hybridized carbons (Fsp3) is 0.688. The van der Waals surface area contributed by atoms with Gasteiger partial charge in [-0.3, -0.25) is 5.32 Å². The van der Waals surface area contributed by atoms with Crippen molar-refractivity contribution in [1.82, 2.24) is 9.97 Å². The summed E-state index contributed by atoms with van der Waals surface area (Å²) in [6, 6.07) is 0. The molecule has 28 heavy (non-hydrogen) atoms. The molecule has 0 radical (unpaired) electrons. The van der Waals surface area contributed by atoms with Gasteiger partial charge in [-0.15, -0.1) is 0 Å². The highest BCUT2D eigenvalue weighted by Crippen LogP contribution is 2.23. The lowest BCUT2D eigenvalue weighted by molar-refractivity contribution is 0.0467. The number of aliphatic hydroxyl groups excluding tert-OH is 1. The van der Waals surface area contributed by atoms with E-state index in [2.05, 4.69) is 20.6 Å². The predicted molar refractivity (Wildman–Crippen MR) is 106 cm³/mol. The van der Waals surface area contributed by atoms with Gasteiger partial charge in [-0.25, -0.2) is 18.2 Å². The summed E-state index contributed by atoms with van der Waals surface area (Å²) in [6.07, 6.45) is 2.46. The van der Waals surface area contributed by atoms with E-state index in [1.807, 2.05) is 6.92 Å². The molecule has 1 aromatic rings. The lowest BCUT2D eigenvalue weighted by atomic mass is 10.1. The molecule has 12 heteroatoms. The van der Waals surface area contributed by atoms with E-state index in [9.17, 15) is 13.2 Å². The molecule has 0 saturated heterocycles. The molecule has 1 heterocycles. The van der Waals surface area contributed by atoms with Crippen LogP contribution in [0.15, 0.2) is 6.20 Å². The zero-order valence-corrected chi connectivity index (χ0v) is 17.8. The van der Waals surface area contributed by atoms with Crippen LogP contribution in [0.5, 0.6) is 5.75 Å². The summed E-state index contributed by atoms with van der Waals surface area (Å²) >= 11 is 0. The van der Waals surface area contributed by atoms with Gasteiger partial charge in [0.1, 0.15) is 12.2 Å². The molecule has 0 bridgehead atoms. The lowest BCUT2D eigenvalue weighted by Crippen LogP contribution is -2.32. The number of hydrogen-bond acceptors (Lipinski definition) is 9. The summed E-state index contributed by atoms with van der Waals surface area (Å²) in [7, 11) is 1.50. The van der Waals surface area contributed by atoms with E-state index in [0.29, 0.717) is 18.1 Å². The monoisotopic (exact) mass is 438 g/mol. The van der Waals surface area contributed by atoms with Crippen LogP contribution in [0.3, 0.4) is 0 Å². The molecule has 0 unspecified atom stereocenters. The van der Waals surface area contributed by atoms with Crippen LogP contribution in [0.2, 0.25) is 0 Å². The first kappa shape index (κ1) is 24.2. The fourth-order valence-corrected chi connectivity index (χ4v) is 2.96. The number of nitrogens with one attached hydrogen (secondary N) is 2. The van der Waals surface area contributed by atoms with Crippen molar-refractivity contribution in [2.24, 2.45) is 0 Å². The number of amides is 1. The molecular formula is C16H27ClN4O6S. The van der Waals surface area contributed by atoms with Crippen LogP contribution < -0.4 is 15.4 Å². The second kappa shape index (κ2) is 11.2. The number of rotatable bonds is 12. The molecule has 0 aliphatic carbocycles. The normalized spacial score (nSPS) is 11.8. The van der Waals surface area contributed by atoms with Crippen LogP contribution in [0.1, 0.15) is 40.0 Å². The Morgan fingerprint density at radius 2 is 2.11 bits per heavy atom. The van der Waals surface area contributed by atoms with Crippen LogP contribution in [0, 0.1) is 0 Å². The Bertz CT molecular complexity index is 745. The number of nitrogens with zero attached hydrogens (tertiary/aromatic N) is 2. The van der Waals surface area contributed by atoms with Gasteiger partial charge in [0.05, 0.1) is 18.6 Å². The summed E-state index contributed by atoms with van der Waals surface area (Å²) in [5.74, 6) is 0.380. The van der Waals surface area contributed by atoms with Crippen molar-refractivity contribution in [2.45, 2.75) is 45.6 Å². The van der Waals surface area contributed by atoms with Gasteiger partial charge >= 0.3 is 6.09 Å². The topological polar surface area (TPSA) is 140 Å². The third-order valence-corrected chi connectivity index (χ3v) is 4.61. The van der Waals surface area contributed by atoms with Crippen molar-refractivity contribution in [1.29, 1.82) is 0 Å². The fourth-order valence-electron chi connectivity index (χ4n) is 1.99. The summed E-state index contributed by atoms with van der Waals surface area (Å²) < 4.78 is 32.7. The second-order valence-electron chi connectivity index (χ2n) is 6.53. The molecule has 1 rings (SSSR count). The van der Waals surface area contributed by atoms with Gasteiger partial charge in [-0.2, -0.15) is 4.98 Å². The van der Waals surface area contributed by atoms with Gasteiger partial charge in [0.15, 0.2) is 11.6 Å². The summed E-state index contributed by atoms with van der Waals surface area (Å²) in [4.78, 5) is 20.3. The maximum absolute atomic E-state index is 12.1. The minimum atomic E-state index is -3.69. The Kier molecular flexibility index (Phi) is 9.70. The van der Waals surface area contributed by atoms with Crippen molar-refractivity contribution in [3.8, 4) is 5.75 Å².